The van der Waals surface area contributed by atoms with Gasteiger partial charge in [0, 0.05) is 12.1 Å². The highest BCUT2D eigenvalue weighted by Crippen LogP contribution is 2.27. The molecule has 2 aromatic heterocycles. The van der Waals surface area contributed by atoms with Crippen LogP contribution in [0.2, 0.25) is 4.34 Å². The molecule has 188 valence electrons. The normalized spacial score (nSPS) is 12.6. The Balaban J connectivity index is 1.62. The fourth-order valence-electron chi connectivity index (χ4n) is 3.61. The number of rotatable bonds is 8. The van der Waals surface area contributed by atoms with E-state index in [9.17, 15) is 22.2 Å². The van der Waals surface area contributed by atoms with Gasteiger partial charge in [0.05, 0.1) is 20.9 Å². The number of sulfone groups is 1. The summed E-state index contributed by atoms with van der Waals surface area (Å²) in [4.78, 5) is 29.9. The van der Waals surface area contributed by atoms with Gasteiger partial charge in [0.15, 0.2) is 15.6 Å². The monoisotopic (exact) mass is 569 g/mol. The number of fused-ring (bicyclic) bond motifs is 1. The third kappa shape index (κ3) is 5.55. The molecule has 2 N–H and O–H groups in total. The maximum atomic E-state index is 15.1. The lowest BCUT2D eigenvalue weighted by atomic mass is 10.1. The molecule has 0 fully saturated rings. The van der Waals surface area contributed by atoms with Crippen LogP contribution < -0.4 is 10.3 Å². The van der Waals surface area contributed by atoms with Crippen LogP contribution in [0.4, 0.5) is 10.1 Å². The molecule has 0 amide bonds. The zero-order chi connectivity index (χ0) is 26.2. The van der Waals surface area contributed by atoms with Gasteiger partial charge in [0.25, 0.3) is 16.8 Å². The van der Waals surface area contributed by atoms with Gasteiger partial charge in [-0.1, -0.05) is 17.7 Å². The average Bonchev–Trinajstić information content (AvgIpc) is 3.22. The van der Waals surface area contributed by atoms with Gasteiger partial charge in [0.1, 0.15) is 21.6 Å². The first kappa shape index (κ1) is 26.1. The Morgan fingerprint density at radius 1 is 1.22 bits per heavy atom. The number of nitrogens with one attached hydrogen (secondary N) is 1. The van der Waals surface area contributed by atoms with Crippen LogP contribution in [-0.4, -0.2) is 38.3 Å². The van der Waals surface area contributed by atoms with Gasteiger partial charge >= 0.3 is 0 Å². The van der Waals surface area contributed by atoms with Crippen molar-refractivity contribution in [3.63, 3.8) is 0 Å². The summed E-state index contributed by atoms with van der Waals surface area (Å²) >= 11 is 4.27. The van der Waals surface area contributed by atoms with Crippen molar-refractivity contribution in [3.8, 4) is 5.69 Å². The van der Waals surface area contributed by atoms with Gasteiger partial charge < -0.3 is 0 Å². The van der Waals surface area contributed by atoms with E-state index in [2.05, 4.69) is 9.71 Å². The summed E-state index contributed by atoms with van der Waals surface area (Å²) in [7, 11) is -3.87. The maximum absolute atomic E-state index is 15.1. The fourth-order valence-corrected chi connectivity index (χ4v) is 6.75. The molecule has 0 aliphatic heterocycles. The predicted molar refractivity (Wildman–Crippen MR) is 137 cm³/mol. The zero-order valence-corrected chi connectivity index (χ0v) is 21.6. The number of halogens is 2. The second-order valence-corrected chi connectivity index (χ2v) is 12.3. The molecule has 0 aliphatic rings. The van der Waals surface area contributed by atoms with Gasteiger partial charge in [-0.05, 0) is 55.0 Å². The number of aromatic nitrogens is 2. The van der Waals surface area contributed by atoms with E-state index in [4.69, 9.17) is 16.2 Å². The zero-order valence-electron chi connectivity index (χ0n) is 18.4. The largest absolute Gasteiger partial charge is 0.298 e. The first-order valence-corrected chi connectivity index (χ1v) is 14.1. The van der Waals surface area contributed by atoms with E-state index in [0.717, 1.165) is 22.0 Å². The van der Waals surface area contributed by atoms with E-state index in [1.54, 1.807) is 0 Å². The summed E-state index contributed by atoms with van der Waals surface area (Å²) < 4.78 is 63.5. The second kappa shape index (κ2) is 10.2. The van der Waals surface area contributed by atoms with Crippen LogP contribution in [-0.2, 0) is 32.3 Å². The molecule has 2 heterocycles. The molecular weight excluding hydrogens is 553 g/mol. The van der Waals surface area contributed by atoms with Crippen molar-refractivity contribution in [3.05, 3.63) is 80.4 Å². The lowest BCUT2D eigenvalue weighted by molar-refractivity contribution is -0.116. The lowest BCUT2D eigenvalue weighted by Gasteiger charge is -2.13. The topological polar surface area (TPSA) is 135 Å². The predicted octanol–water partition coefficient (Wildman–Crippen LogP) is 3.68. The first-order chi connectivity index (χ1) is 16.9. The third-order valence-electron chi connectivity index (χ3n) is 5.10. The summed E-state index contributed by atoms with van der Waals surface area (Å²) in [5, 5.41) is 0.0913. The summed E-state index contributed by atoms with van der Waals surface area (Å²) in [6.07, 6.45) is -0.327. The molecular formula is C22H17ClFN3O6S3. The maximum Gasteiger partial charge on any atom is 0.266 e. The van der Waals surface area contributed by atoms with Crippen molar-refractivity contribution in [2.45, 2.75) is 17.6 Å². The van der Waals surface area contributed by atoms with Crippen molar-refractivity contribution >= 4 is 66.4 Å². The minimum Gasteiger partial charge on any atom is -0.298 e. The number of benzene rings is 2. The molecule has 0 bridgehead atoms. The number of ketones is 1. The van der Waals surface area contributed by atoms with E-state index in [0.29, 0.717) is 5.52 Å². The van der Waals surface area contributed by atoms with E-state index in [1.807, 2.05) is 0 Å². The molecule has 2 aromatic carbocycles. The summed E-state index contributed by atoms with van der Waals surface area (Å²) in [5.74, 6) is -2.00. The van der Waals surface area contributed by atoms with Crippen LogP contribution in [0.15, 0.2) is 57.5 Å². The number of anilines is 1. The quantitative estimate of drug-likeness (QED) is 0.309. The standard InChI is InChI=1S/C22H17ClFN3O6S3/c1-12-25-18-4-3-14(26-35(30)31)10-16(18)22(29)27(12)19-5-2-13(9-17(19)24)8-15(28)11-36(32,33)21-7-6-20(23)34-21/h2-7,9-10,26H,8,11H2,1H3,(H,30,31). The molecule has 0 spiro atoms. The number of thiophene rings is 1. The number of hydrogen-bond acceptors (Lipinski definition) is 7. The van der Waals surface area contributed by atoms with Gasteiger partial charge in [-0.2, -0.15) is 0 Å². The van der Waals surface area contributed by atoms with E-state index in [1.165, 1.54) is 49.4 Å². The van der Waals surface area contributed by atoms with E-state index >= 15 is 4.39 Å². The molecule has 0 saturated heterocycles. The number of carbonyl (C=O) groups is 1. The average molecular weight is 570 g/mol. The van der Waals surface area contributed by atoms with Gasteiger partial charge in [-0.15, -0.1) is 11.3 Å². The molecule has 14 heteroatoms. The molecule has 0 aliphatic carbocycles. The van der Waals surface area contributed by atoms with Crippen LogP contribution in [0.25, 0.3) is 16.6 Å². The Bertz CT molecular complexity index is 1700. The number of hydrogen-bond donors (Lipinski definition) is 2. The highest BCUT2D eigenvalue weighted by molar-refractivity contribution is 7.94. The van der Waals surface area contributed by atoms with Crippen molar-refractivity contribution in [1.82, 2.24) is 9.55 Å². The second-order valence-electron chi connectivity index (χ2n) is 7.70. The van der Waals surface area contributed by atoms with Crippen molar-refractivity contribution in [2.75, 3.05) is 10.5 Å². The van der Waals surface area contributed by atoms with Gasteiger partial charge in [0.2, 0.25) is 0 Å². The van der Waals surface area contributed by atoms with Crippen molar-refractivity contribution in [2.24, 2.45) is 0 Å². The van der Waals surface area contributed by atoms with Crippen molar-refractivity contribution < 1.29 is 26.4 Å². The minimum absolute atomic E-state index is 0.0235. The molecule has 36 heavy (non-hydrogen) atoms. The number of nitrogens with zero attached hydrogens (tertiary/aromatic N) is 2. The van der Waals surface area contributed by atoms with E-state index in [-0.39, 0.29) is 43.1 Å². The Morgan fingerprint density at radius 2 is 1.97 bits per heavy atom. The van der Waals surface area contributed by atoms with Gasteiger partial charge in [-0.25, -0.2) is 22.0 Å². The minimum atomic E-state index is -3.87. The Hall–Kier alpha value is -2.97. The molecule has 1 atom stereocenters. The summed E-state index contributed by atoms with van der Waals surface area (Å²) in [5.41, 5.74) is 0.0315. The smallest absolute Gasteiger partial charge is 0.266 e. The highest BCUT2D eigenvalue weighted by atomic mass is 35.5. The molecule has 0 saturated carbocycles. The van der Waals surface area contributed by atoms with Crippen LogP contribution in [0.5, 0.6) is 0 Å². The van der Waals surface area contributed by atoms with Gasteiger partial charge in [-0.3, -0.25) is 23.4 Å². The molecule has 0 radical (unpaired) electrons. The molecule has 4 rings (SSSR count). The molecule has 4 aromatic rings. The van der Waals surface area contributed by atoms with Crippen LogP contribution in [0, 0.1) is 12.7 Å². The lowest BCUT2D eigenvalue weighted by Crippen LogP contribution is -2.23. The number of aryl methyl sites for hydroxylation is 1. The van der Waals surface area contributed by atoms with Crippen molar-refractivity contribution in [1.29, 1.82) is 0 Å². The Labute approximate surface area is 215 Å². The van der Waals surface area contributed by atoms with E-state index < -0.39 is 44.0 Å². The SMILES string of the molecule is Cc1nc2ccc(NS(=O)O)cc2c(=O)n1-c1ccc(CC(=O)CS(=O)(=O)c2ccc(Cl)s2)cc1F. The van der Waals surface area contributed by atoms with Crippen LogP contribution in [0.3, 0.4) is 0 Å². The molecule has 1 unspecified atom stereocenters. The highest BCUT2D eigenvalue weighted by Gasteiger charge is 2.22. The summed E-state index contributed by atoms with van der Waals surface area (Å²) in [6.45, 7) is 1.52. The van der Waals surface area contributed by atoms with Crippen LogP contribution >= 0.6 is 22.9 Å². The third-order valence-corrected chi connectivity index (χ3v) is 9.00. The Kier molecular flexibility index (Phi) is 7.38. The fraction of sp³-hybridized carbons (Fsp3) is 0.136. The number of carbonyl (C=O) groups excluding carboxylic acids is 1. The van der Waals surface area contributed by atoms with Crippen LogP contribution in [0.1, 0.15) is 11.4 Å². The molecule has 9 nitrogen and oxygen atoms in total. The number of Topliss-reactive ketones (excluding diaryl/α,β-unsaturated/α-hetero) is 1. The first-order valence-electron chi connectivity index (χ1n) is 10.1. The summed E-state index contributed by atoms with van der Waals surface area (Å²) in [6, 6.07) is 10.8. The Morgan fingerprint density at radius 3 is 2.61 bits per heavy atom.